The predicted molar refractivity (Wildman–Crippen MR) is 60.2 cm³/mol. The summed E-state index contributed by atoms with van der Waals surface area (Å²) in [6.07, 6.45) is 7.04. The van der Waals surface area contributed by atoms with E-state index in [1.165, 1.54) is 32.2 Å². The van der Waals surface area contributed by atoms with Gasteiger partial charge in [-0.25, -0.2) is 0 Å². The fraction of sp³-hybridized carbons (Fsp3) is 0.700. The molecule has 1 saturated heterocycles. The molecule has 2 rings (SSSR count). The molecule has 1 atom stereocenters. The van der Waals surface area contributed by atoms with Crippen molar-refractivity contribution in [1.82, 2.24) is 15.1 Å². The van der Waals surface area contributed by atoms with E-state index in [9.17, 15) is 0 Å². The van der Waals surface area contributed by atoms with Crippen LogP contribution in [0, 0.1) is 0 Å². The zero-order valence-corrected chi connectivity index (χ0v) is 9.83. The third kappa shape index (κ3) is 2.58. The van der Waals surface area contributed by atoms with Crippen LogP contribution in [0.1, 0.15) is 25.7 Å². The highest BCUT2D eigenvalue weighted by Crippen LogP contribution is 2.13. The Labute approximate surface area is 93.0 Å². The highest BCUT2D eigenvalue weighted by atomic mass is 79.9. The molecule has 0 aromatic carbocycles. The lowest BCUT2D eigenvalue weighted by Crippen LogP contribution is -2.34. The predicted octanol–water partition coefficient (Wildman–Crippen LogP) is 2.18. The van der Waals surface area contributed by atoms with Crippen LogP contribution in [-0.2, 0) is 6.54 Å². The molecule has 4 heteroatoms. The summed E-state index contributed by atoms with van der Waals surface area (Å²) >= 11 is 3.47. The molecule has 0 spiro atoms. The van der Waals surface area contributed by atoms with Crippen LogP contribution in [-0.4, -0.2) is 22.4 Å². The van der Waals surface area contributed by atoms with Gasteiger partial charge in [0.15, 0.2) is 0 Å². The summed E-state index contributed by atoms with van der Waals surface area (Å²) < 4.78 is 3.09. The van der Waals surface area contributed by atoms with Gasteiger partial charge in [0.2, 0.25) is 0 Å². The van der Waals surface area contributed by atoms with E-state index in [2.05, 4.69) is 26.3 Å². The van der Waals surface area contributed by atoms with Gasteiger partial charge in [-0.2, -0.15) is 5.10 Å². The summed E-state index contributed by atoms with van der Waals surface area (Å²) in [7, 11) is 0. The van der Waals surface area contributed by atoms with Crippen LogP contribution in [0.2, 0.25) is 0 Å². The molecule has 1 aliphatic heterocycles. The minimum absolute atomic E-state index is 0.694. The average Bonchev–Trinajstić information content (AvgIpc) is 2.63. The smallest absolute Gasteiger partial charge is 0.104 e. The van der Waals surface area contributed by atoms with Gasteiger partial charge in [-0.15, -0.1) is 0 Å². The third-order valence-electron chi connectivity index (χ3n) is 2.77. The van der Waals surface area contributed by atoms with E-state index >= 15 is 0 Å². The lowest BCUT2D eigenvalue weighted by atomic mass is 10.0. The fourth-order valence-corrected chi connectivity index (χ4v) is 2.32. The number of rotatable bonds is 3. The van der Waals surface area contributed by atoms with Crippen molar-refractivity contribution >= 4 is 15.9 Å². The van der Waals surface area contributed by atoms with Crippen LogP contribution in [0.25, 0.3) is 0 Å². The molecule has 1 N–H and O–H groups in total. The van der Waals surface area contributed by atoms with Gasteiger partial charge in [-0.05, 0) is 47.8 Å². The summed E-state index contributed by atoms with van der Waals surface area (Å²) in [4.78, 5) is 0. The second kappa shape index (κ2) is 4.94. The Morgan fingerprint density at radius 3 is 3.14 bits per heavy atom. The normalized spacial score (nSPS) is 22.5. The molecule has 14 heavy (non-hydrogen) atoms. The van der Waals surface area contributed by atoms with Crippen molar-refractivity contribution < 1.29 is 0 Å². The molecular weight excluding hydrogens is 242 g/mol. The molecular formula is C10H16BrN3. The molecule has 1 aromatic rings. The first-order valence-corrected chi connectivity index (χ1v) is 6.06. The summed E-state index contributed by atoms with van der Waals surface area (Å²) in [6, 6.07) is 2.67. The second-order valence-electron chi connectivity index (χ2n) is 3.81. The number of hydrogen-bond donors (Lipinski definition) is 1. The highest BCUT2D eigenvalue weighted by molar-refractivity contribution is 9.10. The zero-order valence-electron chi connectivity index (χ0n) is 8.25. The van der Waals surface area contributed by atoms with E-state index in [0.717, 1.165) is 11.1 Å². The summed E-state index contributed by atoms with van der Waals surface area (Å²) in [6.45, 7) is 2.19. The SMILES string of the molecule is Brc1ccnn1CCC1CCCCN1. The van der Waals surface area contributed by atoms with Gasteiger partial charge in [0.25, 0.3) is 0 Å². The maximum Gasteiger partial charge on any atom is 0.104 e. The molecule has 78 valence electrons. The molecule has 3 nitrogen and oxygen atoms in total. The first kappa shape index (κ1) is 10.2. The summed E-state index contributed by atoms with van der Waals surface area (Å²) in [5.41, 5.74) is 0. The Kier molecular flexibility index (Phi) is 3.59. The molecule has 0 saturated carbocycles. The Morgan fingerprint density at radius 2 is 2.50 bits per heavy atom. The van der Waals surface area contributed by atoms with Gasteiger partial charge in [0, 0.05) is 12.6 Å². The van der Waals surface area contributed by atoms with E-state index in [0.29, 0.717) is 6.04 Å². The third-order valence-corrected chi connectivity index (χ3v) is 3.44. The van der Waals surface area contributed by atoms with Crippen LogP contribution in [0.3, 0.4) is 0 Å². The van der Waals surface area contributed by atoms with E-state index in [1.54, 1.807) is 0 Å². The molecule has 1 aliphatic rings. The average molecular weight is 258 g/mol. The van der Waals surface area contributed by atoms with Crippen LogP contribution < -0.4 is 5.32 Å². The number of nitrogens with zero attached hydrogens (tertiary/aromatic N) is 2. The number of hydrogen-bond acceptors (Lipinski definition) is 2. The standard InChI is InChI=1S/C10H16BrN3/c11-10-4-7-13-14(10)8-5-9-3-1-2-6-12-9/h4,7,9,12H,1-3,5-6,8H2. The maximum atomic E-state index is 4.24. The van der Waals surface area contributed by atoms with Crippen molar-refractivity contribution in [2.24, 2.45) is 0 Å². The number of halogens is 1. The van der Waals surface area contributed by atoms with Crippen LogP contribution >= 0.6 is 15.9 Å². The number of aromatic nitrogens is 2. The Hall–Kier alpha value is -0.350. The van der Waals surface area contributed by atoms with E-state index < -0.39 is 0 Å². The quantitative estimate of drug-likeness (QED) is 0.900. The maximum absolute atomic E-state index is 4.24. The van der Waals surface area contributed by atoms with E-state index in [1.807, 2.05) is 16.9 Å². The van der Waals surface area contributed by atoms with Gasteiger partial charge in [0.1, 0.15) is 4.60 Å². The van der Waals surface area contributed by atoms with Crippen molar-refractivity contribution in [1.29, 1.82) is 0 Å². The summed E-state index contributed by atoms with van der Waals surface area (Å²) in [5.74, 6) is 0. The van der Waals surface area contributed by atoms with Crippen LogP contribution in [0.5, 0.6) is 0 Å². The molecule has 1 fully saturated rings. The molecule has 0 bridgehead atoms. The van der Waals surface area contributed by atoms with Gasteiger partial charge >= 0.3 is 0 Å². The van der Waals surface area contributed by atoms with Crippen LogP contribution in [0.15, 0.2) is 16.9 Å². The van der Waals surface area contributed by atoms with E-state index in [-0.39, 0.29) is 0 Å². The van der Waals surface area contributed by atoms with Crippen molar-refractivity contribution in [2.75, 3.05) is 6.54 Å². The molecule has 0 radical (unpaired) electrons. The first-order chi connectivity index (χ1) is 6.86. The number of piperidine rings is 1. The molecule has 2 heterocycles. The highest BCUT2D eigenvalue weighted by Gasteiger charge is 2.12. The molecule has 0 aliphatic carbocycles. The topological polar surface area (TPSA) is 29.9 Å². The van der Waals surface area contributed by atoms with Gasteiger partial charge < -0.3 is 5.32 Å². The number of nitrogens with one attached hydrogen (secondary N) is 1. The van der Waals surface area contributed by atoms with Crippen molar-refractivity contribution in [3.05, 3.63) is 16.9 Å². The largest absolute Gasteiger partial charge is 0.314 e. The lowest BCUT2D eigenvalue weighted by molar-refractivity contribution is 0.359. The molecule has 1 aromatic heterocycles. The van der Waals surface area contributed by atoms with Gasteiger partial charge in [-0.3, -0.25) is 4.68 Å². The lowest BCUT2D eigenvalue weighted by Gasteiger charge is -2.23. The van der Waals surface area contributed by atoms with Crippen molar-refractivity contribution in [3.63, 3.8) is 0 Å². The number of aryl methyl sites for hydroxylation is 1. The Balaban J connectivity index is 1.79. The fourth-order valence-electron chi connectivity index (χ4n) is 1.93. The molecule has 0 amide bonds. The minimum Gasteiger partial charge on any atom is -0.314 e. The van der Waals surface area contributed by atoms with Crippen LogP contribution in [0.4, 0.5) is 0 Å². The monoisotopic (exact) mass is 257 g/mol. The Bertz CT molecular complexity index is 279. The zero-order chi connectivity index (χ0) is 9.80. The van der Waals surface area contributed by atoms with Gasteiger partial charge in [0.05, 0.1) is 6.20 Å². The van der Waals surface area contributed by atoms with Crippen molar-refractivity contribution in [3.8, 4) is 0 Å². The van der Waals surface area contributed by atoms with E-state index in [4.69, 9.17) is 0 Å². The minimum atomic E-state index is 0.694. The van der Waals surface area contributed by atoms with Gasteiger partial charge in [-0.1, -0.05) is 6.42 Å². The Morgan fingerprint density at radius 1 is 1.57 bits per heavy atom. The second-order valence-corrected chi connectivity index (χ2v) is 4.63. The summed E-state index contributed by atoms with van der Waals surface area (Å²) in [5, 5.41) is 7.79. The first-order valence-electron chi connectivity index (χ1n) is 5.27. The molecule has 1 unspecified atom stereocenters. The van der Waals surface area contributed by atoms with Crippen molar-refractivity contribution in [2.45, 2.75) is 38.3 Å².